The van der Waals surface area contributed by atoms with Crippen LogP contribution in [0.1, 0.15) is 18.5 Å². The number of anilines is 2. The molecule has 0 aliphatic heterocycles. The van der Waals surface area contributed by atoms with Crippen LogP contribution in [-0.4, -0.2) is 23.3 Å². The van der Waals surface area contributed by atoms with E-state index in [-0.39, 0.29) is 12.6 Å². The number of hydrogen-bond donors (Lipinski definition) is 3. The summed E-state index contributed by atoms with van der Waals surface area (Å²) in [6.07, 6.45) is 0. The first-order valence-electron chi connectivity index (χ1n) is 6.56. The molecule has 0 fully saturated rings. The Morgan fingerprint density at radius 1 is 1.25 bits per heavy atom. The molecular formula is C15H19N3O2. The second-order valence-corrected chi connectivity index (χ2v) is 4.31. The molecule has 1 unspecified atom stereocenters. The topological polar surface area (TPSA) is 80.4 Å². The molecule has 2 rings (SSSR count). The lowest BCUT2D eigenvalue weighted by Gasteiger charge is -2.18. The molecule has 0 saturated heterocycles. The zero-order valence-corrected chi connectivity index (χ0v) is 11.4. The summed E-state index contributed by atoms with van der Waals surface area (Å²) >= 11 is 0. The van der Waals surface area contributed by atoms with Gasteiger partial charge in [-0.25, -0.2) is 0 Å². The van der Waals surface area contributed by atoms with Gasteiger partial charge in [0.2, 0.25) is 5.88 Å². The number of hydrogen-bond acceptors (Lipinski definition) is 5. The lowest BCUT2D eigenvalue weighted by Crippen LogP contribution is -2.16. The van der Waals surface area contributed by atoms with Gasteiger partial charge in [0.15, 0.2) is 0 Å². The van der Waals surface area contributed by atoms with Gasteiger partial charge in [-0.05, 0) is 24.6 Å². The van der Waals surface area contributed by atoms with E-state index in [0.717, 1.165) is 5.56 Å². The predicted molar refractivity (Wildman–Crippen MR) is 79.7 cm³/mol. The zero-order chi connectivity index (χ0) is 14.4. The minimum Gasteiger partial charge on any atom is -0.476 e. The van der Waals surface area contributed by atoms with Gasteiger partial charge in [0, 0.05) is 0 Å². The molecule has 0 bridgehead atoms. The van der Waals surface area contributed by atoms with Gasteiger partial charge in [0.25, 0.3) is 0 Å². The molecule has 20 heavy (non-hydrogen) atoms. The fourth-order valence-corrected chi connectivity index (χ4v) is 1.88. The van der Waals surface area contributed by atoms with Gasteiger partial charge < -0.3 is 20.9 Å². The van der Waals surface area contributed by atoms with Gasteiger partial charge in [0.1, 0.15) is 5.82 Å². The summed E-state index contributed by atoms with van der Waals surface area (Å²) in [4.78, 5) is 4.31. The lowest BCUT2D eigenvalue weighted by atomic mass is 10.1. The molecule has 4 N–H and O–H groups in total. The highest BCUT2D eigenvalue weighted by atomic mass is 16.5. The van der Waals surface area contributed by atoms with E-state index in [0.29, 0.717) is 24.0 Å². The molecule has 2 aromatic rings. The largest absolute Gasteiger partial charge is 0.476 e. The molecule has 1 aromatic carbocycles. The number of ether oxygens (including phenoxy) is 1. The molecule has 5 heteroatoms. The number of benzene rings is 1. The highest BCUT2D eigenvalue weighted by molar-refractivity contribution is 5.54. The maximum Gasteiger partial charge on any atom is 0.239 e. The number of aliphatic hydroxyl groups excluding tert-OH is 1. The van der Waals surface area contributed by atoms with Crippen LogP contribution in [0.2, 0.25) is 0 Å². The molecule has 1 heterocycles. The van der Waals surface area contributed by atoms with Crippen molar-refractivity contribution in [3.8, 4) is 5.88 Å². The van der Waals surface area contributed by atoms with Gasteiger partial charge in [-0.3, -0.25) is 0 Å². The number of nitrogens with two attached hydrogens (primary N) is 1. The number of nitrogens with one attached hydrogen (secondary N) is 1. The average molecular weight is 273 g/mol. The fourth-order valence-electron chi connectivity index (χ4n) is 1.88. The Balaban J connectivity index is 2.17. The number of pyridine rings is 1. The number of aromatic nitrogens is 1. The molecule has 1 atom stereocenters. The fraction of sp³-hybridized carbons (Fsp3) is 0.267. The SMILES string of the molecule is CCOc1nc(NC(CO)c2ccccc2)ccc1N. The van der Waals surface area contributed by atoms with Gasteiger partial charge in [-0.15, -0.1) is 0 Å². The van der Waals surface area contributed by atoms with Crippen molar-refractivity contribution in [2.45, 2.75) is 13.0 Å². The van der Waals surface area contributed by atoms with E-state index in [1.807, 2.05) is 37.3 Å². The Hall–Kier alpha value is -2.27. The molecule has 0 spiro atoms. The second kappa shape index (κ2) is 6.77. The Morgan fingerprint density at radius 3 is 2.65 bits per heavy atom. The first kappa shape index (κ1) is 14.1. The number of rotatable bonds is 6. The normalized spacial score (nSPS) is 11.9. The van der Waals surface area contributed by atoms with Crippen molar-refractivity contribution < 1.29 is 9.84 Å². The van der Waals surface area contributed by atoms with Crippen LogP contribution < -0.4 is 15.8 Å². The van der Waals surface area contributed by atoms with E-state index in [4.69, 9.17) is 10.5 Å². The van der Waals surface area contributed by atoms with Crippen molar-refractivity contribution in [1.29, 1.82) is 0 Å². The van der Waals surface area contributed by atoms with Crippen molar-refractivity contribution in [1.82, 2.24) is 4.98 Å². The zero-order valence-electron chi connectivity index (χ0n) is 11.4. The van der Waals surface area contributed by atoms with E-state index in [9.17, 15) is 5.11 Å². The molecule has 0 amide bonds. The molecule has 0 saturated carbocycles. The monoisotopic (exact) mass is 273 g/mol. The van der Waals surface area contributed by atoms with Crippen LogP contribution in [0.3, 0.4) is 0 Å². The molecule has 106 valence electrons. The Labute approximate surface area is 118 Å². The molecule has 0 radical (unpaired) electrons. The van der Waals surface area contributed by atoms with Crippen LogP contribution in [0.15, 0.2) is 42.5 Å². The second-order valence-electron chi connectivity index (χ2n) is 4.31. The van der Waals surface area contributed by atoms with Crippen molar-refractivity contribution in [2.24, 2.45) is 0 Å². The van der Waals surface area contributed by atoms with Gasteiger partial charge >= 0.3 is 0 Å². The molecular weight excluding hydrogens is 254 g/mol. The van der Waals surface area contributed by atoms with E-state index in [2.05, 4.69) is 10.3 Å². The van der Waals surface area contributed by atoms with Gasteiger partial charge in [-0.2, -0.15) is 4.98 Å². The summed E-state index contributed by atoms with van der Waals surface area (Å²) in [6, 6.07) is 13.0. The third-order valence-corrected chi connectivity index (χ3v) is 2.88. The summed E-state index contributed by atoms with van der Waals surface area (Å²) in [5.74, 6) is 1.02. The van der Waals surface area contributed by atoms with Crippen LogP contribution >= 0.6 is 0 Å². The maximum atomic E-state index is 9.52. The number of aliphatic hydroxyl groups is 1. The van der Waals surface area contributed by atoms with Gasteiger partial charge in [-0.1, -0.05) is 30.3 Å². The standard InChI is InChI=1S/C15H19N3O2/c1-2-20-15-12(16)8-9-14(18-15)17-13(10-19)11-6-4-3-5-7-11/h3-9,13,19H,2,10,16H2,1H3,(H,17,18). The smallest absolute Gasteiger partial charge is 0.239 e. The molecule has 1 aromatic heterocycles. The first-order chi connectivity index (χ1) is 9.74. The molecule has 0 aliphatic rings. The van der Waals surface area contributed by atoms with Crippen molar-refractivity contribution in [2.75, 3.05) is 24.3 Å². The Kier molecular flexibility index (Phi) is 4.79. The molecule has 5 nitrogen and oxygen atoms in total. The van der Waals surface area contributed by atoms with Crippen LogP contribution in [0.4, 0.5) is 11.5 Å². The van der Waals surface area contributed by atoms with Crippen molar-refractivity contribution in [3.63, 3.8) is 0 Å². The summed E-state index contributed by atoms with van der Waals surface area (Å²) in [7, 11) is 0. The van der Waals surface area contributed by atoms with Crippen LogP contribution in [-0.2, 0) is 0 Å². The van der Waals surface area contributed by atoms with Crippen LogP contribution in [0.5, 0.6) is 5.88 Å². The molecule has 0 aliphatic carbocycles. The third kappa shape index (κ3) is 3.39. The Bertz CT molecular complexity index is 546. The Morgan fingerprint density at radius 2 is 2.00 bits per heavy atom. The highest BCUT2D eigenvalue weighted by Crippen LogP contribution is 2.24. The minimum absolute atomic E-state index is 0.0277. The lowest BCUT2D eigenvalue weighted by molar-refractivity contribution is 0.276. The van der Waals surface area contributed by atoms with Crippen molar-refractivity contribution >= 4 is 11.5 Å². The minimum atomic E-state index is -0.221. The van der Waals surface area contributed by atoms with Crippen LogP contribution in [0.25, 0.3) is 0 Å². The van der Waals surface area contributed by atoms with E-state index >= 15 is 0 Å². The average Bonchev–Trinajstić information content (AvgIpc) is 2.49. The number of nitrogen functional groups attached to an aromatic ring is 1. The van der Waals surface area contributed by atoms with Crippen LogP contribution in [0, 0.1) is 0 Å². The number of nitrogens with zero attached hydrogens (tertiary/aromatic N) is 1. The first-order valence-corrected chi connectivity index (χ1v) is 6.56. The van der Waals surface area contributed by atoms with E-state index in [1.165, 1.54) is 0 Å². The maximum absolute atomic E-state index is 9.52. The van der Waals surface area contributed by atoms with E-state index in [1.54, 1.807) is 12.1 Å². The predicted octanol–water partition coefficient (Wildman–Crippen LogP) is 2.21. The quantitative estimate of drug-likeness (QED) is 0.752. The van der Waals surface area contributed by atoms with E-state index < -0.39 is 0 Å². The van der Waals surface area contributed by atoms with Gasteiger partial charge in [0.05, 0.1) is 24.9 Å². The summed E-state index contributed by atoms with van der Waals surface area (Å²) < 4.78 is 5.36. The third-order valence-electron chi connectivity index (χ3n) is 2.88. The summed E-state index contributed by atoms with van der Waals surface area (Å²) in [5.41, 5.74) is 7.28. The summed E-state index contributed by atoms with van der Waals surface area (Å²) in [6.45, 7) is 2.35. The van der Waals surface area contributed by atoms with Crippen molar-refractivity contribution in [3.05, 3.63) is 48.0 Å². The summed E-state index contributed by atoms with van der Waals surface area (Å²) in [5, 5.41) is 12.7. The highest BCUT2D eigenvalue weighted by Gasteiger charge is 2.11.